The molecule has 1 aromatic carbocycles. The number of likely N-dealkylation sites (N-methyl/N-ethyl adjacent to an activating group) is 1. The molecule has 1 rings (SSSR count). The Morgan fingerprint density at radius 3 is 2.87 bits per heavy atom. The van der Waals surface area contributed by atoms with Gasteiger partial charge in [-0.15, -0.1) is 0 Å². The van der Waals surface area contributed by atoms with Crippen LogP contribution in [-0.2, 0) is 9.63 Å². The van der Waals surface area contributed by atoms with E-state index in [0.29, 0.717) is 5.56 Å². The third-order valence-electron chi connectivity index (χ3n) is 1.85. The second kappa shape index (κ2) is 5.26. The number of hydrogen-bond acceptors (Lipinski definition) is 2. The van der Waals surface area contributed by atoms with Gasteiger partial charge in [0.05, 0.1) is 7.11 Å². The molecule has 0 aliphatic rings. The van der Waals surface area contributed by atoms with Gasteiger partial charge in [0, 0.05) is 13.1 Å². The van der Waals surface area contributed by atoms with Gasteiger partial charge >= 0.3 is 0 Å². The van der Waals surface area contributed by atoms with Gasteiger partial charge in [-0.05, 0) is 23.8 Å². The number of amides is 1. The smallest absolute Gasteiger partial charge is 0.269 e. The van der Waals surface area contributed by atoms with Crippen molar-refractivity contribution in [3.8, 4) is 0 Å². The monoisotopic (exact) mass is 209 g/mol. The second-order valence-electron chi connectivity index (χ2n) is 2.91. The van der Waals surface area contributed by atoms with Crippen molar-refractivity contribution in [3.05, 3.63) is 41.7 Å². The van der Waals surface area contributed by atoms with Crippen molar-refractivity contribution in [1.82, 2.24) is 5.06 Å². The summed E-state index contributed by atoms with van der Waals surface area (Å²) in [6, 6.07) is 5.98. The summed E-state index contributed by atoms with van der Waals surface area (Å²) in [6.45, 7) is 0. The second-order valence-corrected chi connectivity index (χ2v) is 2.91. The minimum Gasteiger partial charge on any atom is -0.274 e. The van der Waals surface area contributed by atoms with Gasteiger partial charge in [0.1, 0.15) is 5.82 Å². The van der Waals surface area contributed by atoms with Crippen molar-refractivity contribution >= 4 is 12.0 Å². The van der Waals surface area contributed by atoms with Crippen LogP contribution < -0.4 is 0 Å². The standard InChI is InChI=1S/C11H12FNO2/c1-13(15-2)11(14)7-6-9-4-3-5-10(12)8-9/h3-8H,1-2H3/b7-6+. The first kappa shape index (κ1) is 11.4. The molecule has 0 N–H and O–H groups in total. The molecule has 0 bridgehead atoms. The number of nitrogens with zero attached hydrogens (tertiary/aromatic N) is 1. The molecule has 0 unspecified atom stereocenters. The molecule has 0 saturated carbocycles. The normalized spacial score (nSPS) is 10.6. The molecular weight excluding hydrogens is 197 g/mol. The Hall–Kier alpha value is -1.68. The Labute approximate surface area is 87.7 Å². The highest BCUT2D eigenvalue weighted by Crippen LogP contribution is 2.05. The SMILES string of the molecule is CON(C)C(=O)/C=C/c1cccc(F)c1. The third-order valence-corrected chi connectivity index (χ3v) is 1.85. The highest BCUT2D eigenvalue weighted by atomic mass is 19.1. The van der Waals surface area contributed by atoms with Gasteiger partial charge in [0.25, 0.3) is 5.91 Å². The van der Waals surface area contributed by atoms with Crippen LogP contribution in [0.4, 0.5) is 4.39 Å². The molecule has 0 aromatic heterocycles. The zero-order valence-electron chi connectivity index (χ0n) is 8.61. The zero-order chi connectivity index (χ0) is 11.3. The third kappa shape index (κ3) is 3.52. The summed E-state index contributed by atoms with van der Waals surface area (Å²) in [5.74, 6) is -0.633. The number of hydroxylamine groups is 2. The van der Waals surface area contributed by atoms with E-state index in [-0.39, 0.29) is 11.7 Å². The largest absolute Gasteiger partial charge is 0.274 e. The summed E-state index contributed by atoms with van der Waals surface area (Å²) in [7, 11) is 2.90. The van der Waals surface area contributed by atoms with Crippen molar-refractivity contribution < 1.29 is 14.0 Å². The predicted molar refractivity (Wildman–Crippen MR) is 55.2 cm³/mol. The number of rotatable bonds is 3. The van der Waals surface area contributed by atoms with Gasteiger partial charge in [-0.1, -0.05) is 12.1 Å². The first-order valence-corrected chi connectivity index (χ1v) is 4.39. The van der Waals surface area contributed by atoms with Gasteiger partial charge < -0.3 is 0 Å². The van der Waals surface area contributed by atoms with Crippen LogP contribution in [0.1, 0.15) is 5.56 Å². The van der Waals surface area contributed by atoms with Crippen molar-refractivity contribution in [2.24, 2.45) is 0 Å². The van der Waals surface area contributed by atoms with Gasteiger partial charge in [0.2, 0.25) is 0 Å². The summed E-state index contributed by atoms with van der Waals surface area (Å²) in [5, 5.41) is 1.08. The van der Waals surface area contributed by atoms with Crippen molar-refractivity contribution in [2.45, 2.75) is 0 Å². The molecule has 80 valence electrons. The van der Waals surface area contributed by atoms with Crippen LogP contribution in [0.15, 0.2) is 30.3 Å². The number of carbonyl (C=O) groups is 1. The quantitative estimate of drug-likeness (QED) is 0.561. The fourth-order valence-electron chi connectivity index (χ4n) is 0.973. The van der Waals surface area contributed by atoms with Crippen LogP contribution in [0.3, 0.4) is 0 Å². The molecule has 0 spiro atoms. The number of benzene rings is 1. The Morgan fingerprint density at radius 1 is 1.53 bits per heavy atom. The molecule has 0 atom stereocenters. The van der Waals surface area contributed by atoms with E-state index in [1.165, 1.54) is 38.4 Å². The Balaban J connectivity index is 2.69. The van der Waals surface area contributed by atoms with Crippen LogP contribution in [0.5, 0.6) is 0 Å². The van der Waals surface area contributed by atoms with Crippen molar-refractivity contribution in [3.63, 3.8) is 0 Å². The molecule has 1 amide bonds. The van der Waals surface area contributed by atoms with E-state index in [9.17, 15) is 9.18 Å². The molecule has 1 aromatic rings. The van der Waals surface area contributed by atoms with Gasteiger partial charge in [-0.2, -0.15) is 0 Å². The molecule has 0 aliphatic heterocycles. The highest BCUT2D eigenvalue weighted by Gasteiger charge is 2.01. The highest BCUT2D eigenvalue weighted by molar-refractivity contribution is 5.90. The molecule has 0 fully saturated rings. The molecule has 0 saturated heterocycles. The van der Waals surface area contributed by atoms with E-state index in [2.05, 4.69) is 4.84 Å². The molecular formula is C11H12FNO2. The Bertz CT molecular complexity index is 377. The lowest BCUT2D eigenvalue weighted by Crippen LogP contribution is -2.22. The van der Waals surface area contributed by atoms with Crippen molar-refractivity contribution in [2.75, 3.05) is 14.2 Å². The molecule has 3 nitrogen and oxygen atoms in total. The van der Waals surface area contributed by atoms with Gasteiger partial charge in [-0.25, -0.2) is 9.45 Å². The summed E-state index contributed by atoms with van der Waals surface area (Å²) in [5.41, 5.74) is 0.632. The lowest BCUT2D eigenvalue weighted by atomic mass is 10.2. The molecule has 0 heterocycles. The van der Waals surface area contributed by atoms with Gasteiger partial charge in [-0.3, -0.25) is 9.63 Å². The minimum absolute atomic E-state index is 0.304. The first-order chi connectivity index (χ1) is 7.13. The lowest BCUT2D eigenvalue weighted by Gasteiger charge is -2.09. The first-order valence-electron chi connectivity index (χ1n) is 4.39. The maximum absolute atomic E-state index is 12.8. The fraction of sp³-hybridized carbons (Fsp3) is 0.182. The molecule has 0 aliphatic carbocycles. The van der Waals surface area contributed by atoms with E-state index >= 15 is 0 Å². The van der Waals surface area contributed by atoms with Crippen LogP contribution >= 0.6 is 0 Å². The fourth-order valence-corrected chi connectivity index (χ4v) is 0.973. The van der Waals surface area contributed by atoms with Crippen molar-refractivity contribution in [1.29, 1.82) is 0 Å². The van der Waals surface area contributed by atoms with E-state index in [0.717, 1.165) is 5.06 Å². The van der Waals surface area contributed by atoms with Gasteiger partial charge in [0.15, 0.2) is 0 Å². The minimum atomic E-state index is -0.329. The molecule has 0 radical (unpaired) electrons. The lowest BCUT2D eigenvalue weighted by molar-refractivity contribution is -0.162. The summed E-state index contributed by atoms with van der Waals surface area (Å²) in [6.07, 6.45) is 2.85. The maximum atomic E-state index is 12.8. The summed E-state index contributed by atoms with van der Waals surface area (Å²) >= 11 is 0. The molecule has 15 heavy (non-hydrogen) atoms. The average Bonchev–Trinajstić information content (AvgIpc) is 2.25. The number of hydrogen-bond donors (Lipinski definition) is 0. The van der Waals surface area contributed by atoms with Crippen LogP contribution in [-0.4, -0.2) is 25.1 Å². The van der Waals surface area contributed by atoms with E-state index in [1.54, 1.807) is 12.1 Å². The Kier molecular flexibility index (Phi) is 4.00. The van der Waals surface area contributed by atoms with E-state index < -0.39 is 0 Å². The molecule has 4 heteroatoms. The predicted octanol–water partition coefficient (Wildman–Crippen LogP) is 1.86. The summed E-state index contributed by atoms with van der Waals surface area (Å²) < 4.78 is 12.8. The topological polar surface area (TPSA) is 29.5 Å². The van der Waals surface area contributed by atoms with Crippen LogP contribution in [0, 0.1) is 5.82 Å². The average molecular weight is 209 g/mol. The number of carbonyl (C=O) groups excluding carboxylic acids is 1. The van der Waals surface area contributed by atoms with E-state index in [1.807, 2.05) is 0 Å². The van der Waals surface area contributed by atoms with Crippen LogP contribution in [0.25, 0.3) is 6.08 Å². The zero-order valence-corrected chi connectivity index (χ0v) is 8.61. The van der Waals surface area contributed by atoms with E-state index in [4.69, 9.17) is 0 Å². The number of halogens is 1. The summed E-state index contributed by atoms with van der Waals surface area (Å²) in [4.78, 5) is 15.9. The Morgan fingerprint density at radius 2 is 2.27 bits per heavy atom. The van der Waals surface area contributed by atoms with Crippen LogP contribution in [0.2, 0.25) is 0 Å². The maximum Gasteiger partial charge on any atom is 0.269 e.